The van der Waals surface area contributed by atoms with Gasteiger partial charge in [0.2, 0.25) is 0 Å². The van der Waals surface area contributed by atoms with Crippen molar-refractivity contribution in [2.24, 2.45) is 5.73 Å². The standard InChI is InChI=1S/C12H17N.C2H6/c1-8(2)11-5-3-4-9-6-10(13)7-12(9)11;1-2/h3-5,8,10H,6-7,13H2,1-2H3;1-2H3. The molecular formula is C14H23N. The van der Waals surface area contributed by atoms with Crippen LogP contribution in [-0.2, 0) is 12.8 Å². The minimum atomic E-state index is 0.356. The largest absolute Gasteiger partial charge is 0.327 e. The highest BCUT2D eigenvalue weighted by molar-refractivity contribution is 5.41. The zero-order valence-corrected chi connectivity index (χ0v) is 10.4. The summed E-state index contributed by atoms with van der Waals surface area (Å²) in [5.41, 5.74) is 10.4. The van der Waals surface area contributed by atoms with Gasteiger partial charge in [-0.15, -0.1) is 0 Å². The van der Waals surface area contributed by atoms with Crippen LogP contribution in [-0.4, -0.2) is 6.04 Å². The van der Waals surface area contributed by atoms with Crippen LogP contribution >= 0.6 is 0 Å². The molecule has 15 heavy (non-hydrogen) atoms. The lowest BCUT2D eigenvalue weighted by Gasteiger charge is -2.11. The average Bonchev–Trinajstić information content (AvgIpc) is 2.60. The van der Waals surface area contributed by atoms with E-state index < -0.39 is 0 Å². The number of hydrogen-bond donors (Lipinski definition) is 1. The molecule has 1 unspecified atom stereocenters. The third-order valence-electron chi connectivity index (χ3n) is 2.88. The summed E-state index contributed by atoms with van der Waals surface area (Å²) in [6.07, 6.45) is 2.14. The monoisotopic (exact) mass is 205 g/mol. The van der Waals surface area contributed by atoms with E-state index in [4.69, 9.17) is 5.73 Å². The lowest BCUT2D eigenvalue weighted by atomic mass is 9.95. The number of nitrogens with two attached hydrogens (primary N) is 1. The second kappa shape index (κ2) is 5.32. The van der Waals surface area contributed by atoms with Gasteiger partial charge in [-0.05, 0) is 35.4 Å². The molecular weight excluding hydrogens is 182 g/mol. The van der Waals surface area contributed by atoms with Gasteiger partial charge in [0, 0.05) is 6.04 Å². The zero-order valence-electron chi connectivity index (χ0n) is 10.4. The zero-order chi connectivity index (χ0) is 11.4. The highest BCUT2D eigenvalue weighted by Crippen LogP contribution is 2.29. The fourth-order valence-corrected chi connectivity index (χ4v) is 2.25. The quantitative estimate of drug-likeness (QED) is 0.748. The summed E-state index contributed by atoms with van der Waals surface area (Å²) in [4.78, 5) is 0. The molecule has 2 rings (SSSR count). The van der Waals surface area contributed by atoms with E-state index in [1.54, 1.807) is 0 Å². The molecule has 0 bridgehead atoms. The van der Waals surface area contributed by atoms with E-state index in [-0.39, 0.29) is 0 Å². The van der Waals surface area contributed by atoms with Crippen molar-refractivity contribution in [3.8, 4) is 0 Å². The molecule has 0 heterocycles. The normalized spacial score (nSPS) is 18.4. The Balaban J connectivity index is 0.000000531. The van der Waals surface area contributed by atoms with Gasteiger partial charge in [-0.3, -0.25) is 0 Å². The first kappa shape index (κ1) is 12.3. The highest BCUT2D eigenvalue weighted by Gasteiger charge is 2.21. The van der Waals surface area contributed by atoms with E-state index in [1.807, 2.05) is 13.8 Å². The molecule has 0 aliphatic heterocycles. The third-order valence-corrected chi connectivity index (χ3v) is 2.88. The Kier molecular flexibility index (Phi) is 4.34. The van der Waals surface area contributed by atoms with E-state index in [0.717, 1.165) is 12.8 Å². The molecule has 1 aromatic rings. The molecule has 0 amide bonds. The van der Waals surface area contributed by atoms with Gasteiger partial charge >= 0.3 is 0 Å². The third kappa shape index (κ3) is 2.60. The molecule has 1 nitrogen and oxygen atoms in total. The van der Waals surface area contributed by atoms with Crippen LogP contribution in [0.25, 0.3) is 0 Å². The fourth-order valence-electron chi connectivity index (χ4n) is 2.25. The molecule has 0 aromatic heterocycles. The Bertz CT molecular complexity index is 315. The van der Waals surface area contributed by atoms with Gasteiger partial charge in [-0.1, -0.05) is 45.9 Å². The molecule has 1 atom stereocenters. The second-order valence-electron chi connectivity index (χ2n) is 4.31. The van der Waals surface area contributed by atoms with Crippen LogP contribution in [0, 0.1) is 0 Å². The van der Waals surface area contributed by atoms with Crippen molar-refractivity contribution >= 4 is 0 Å². The summed E-state index contributed by atoms with van der Waals surface area (Å²) in [5, 5.41) is 0. The highest BCUT2D eigenvalue weighted by atomic mass is 14.6. The molecule has 1 aliphatic rings. The van der Waals surface area contributed by atoms with Crippen LogP contribution in [0.3, 0.4) is 0 Å². The summed E-state index contributed by atoms with van der Waals surface area (Å²) in [5.74, 6) is 0.625. The van der Waals surface area contributed by atoms with Gasteiger partial charge in [-0.25, -0.2) is 0 Å². The van der Waals surface area contributed by atoms with Crippen LogP contribution in [0.4, 0.5) is 0 Å². The topological polar surface area (TPSA) is 26.0 Å². The molecule has 0 fully saturated rings. The molecule has 1 heteroatoms. The van der Waals surface area contributed by atoms with Crippen LogP contribution in [0.2, 0.25) is 0 Å². The molecule has 0 saturated carbocycles. The van der Waals surface area contributed by atoms with E-state index in [9.17, 15) is 0 Å². The minimum Gasteiger partial charge on any atom is -0.327 e. The van der Waals surface area contributed by atoms with Gasteiger partial charge < -0.3 is 5.73 Å². The summed E-state index contributed by atoms with van der Waals surface area (Å²) < 4.78 is 0. The number of benzene rings is 1. The van der Waals surface area contributed by atoms with Gasteiger partial charge in [0.1, 0.15) is 0 Å². The van der Waals surface area contributed by atoms with Gasteiger partial charge in [0.15, 0.2) is 0 Å². The summed E-state index contributed by atoms with van der Waals surface area (Å²) >= 11 is 0. The van der Waals surface area contributed by atoms with Crippen molar-refractivity contribution in [2.75, 3.05) is 0 Å². The van der Waals surface area contributed by atoms with Gasteiger partial charge in [-0.2, -0.15) is 0 Å². The minimum absolute atomic E-state index is 0.356. The fraction of sp³-hybridized carbons (Fsp3) is 0.571. The van der Waals surface area contributed by atoms with Crippen molar-refractivity contribution in [3.63, 3.8) is 0 Å². The second-order valence-corrected chi connectivity index (χ2v) is 4.31. The van der Waals surface area contributed by atoms with Crippen LogP contribution in [0.15, 0.2) is 18.2 Å². The maximum atomic E-state index is 5.95. The Morgan fingerprint density at radius 2 is 1.87 bits per heavy atom. The van der Waals surface area contributed by atoms with Gasteiger partial charge in [0.05, 0.1) is 0 Å². The van der Waals surface area contributed by atoms with Crippen molar-refractivity contribution in [3.05, 3.63) is 34.9 Å². The van der Waals surface area contributed by atoms with Crippen molar-refractivity contribution in [2.45, 2.75) is 52.5 Å². The lowest BCUT2D eigenvalue weighted by Crippen LogP contribution is -2.19. The first-order valence-electron chi connectivity index (χ1n) is 6.04. The van der Waals surface area contributed by atoms with Crippen LogP contribution in [0.1, 0.15) is 50.3 Å². The molecule has 0 spiro atoms. The Morgan fingerprint density at radius 3 is 2.47 bits per heavy atom. The maximum Gasteiger partial charge on any atom is 0.0120 e. The average molecular weight is 205 g/mol. The van der Waals surface area contributed by atoms with Gasteiger partial charge in [0.25, 0.3) is 0 Å². The smallest absolute Gasteiger partial charge is 0.0120 e. The number of hydrogen-bond acceptors (Lipinski definition) is 1. The molecule has 0 radical (unpaired) electrons. The first-order valence-corrected chi connectivity index (χ1v) is 6.04. The predicted molar refractivity (Wildman–Crippen MR) is 67.3 cm³/mol. The Hall–Kier alpha value is -0.820. The van der Waals surface area contributed by atoms with Crippen molar-refractivity contribution in [1.82, 2.24) is 0 Å². The Morgan fingerprint density at radius 1 is 1.20 bits per heavy atom. The SMILES string of the molecule is CC.CC(C)c1cccc2c1CC(N)C2. The van der Waals surface area contributed by atoms with Crippen molar-refractivity contribution < 1.29 is 0 Å². The predicted octanol–water partition coefficient (Wildman–Crippen LogP) is 3.26. The lowest BCUT2D eigenvalue weighted by molar-refractivity contribution is 0.716. The summed E-state index contributed by atoms with van der Waals surface area (Å²) in [6.45, 7) is 8.50. The Labute approximate surface area is 93.7 Å². The molecule has 84 valence electrons. The summed E-state index contributed by atoms with van der Waals surface area (Å²) in [7, 11) is 0. The van der Waals surface area contributed by atoms with Crippen LogP contribution in [0.5, 0.6) is 0 Å². The van der Waals surface area contributed by atoms with E-state index in [2.05, 4.69) is 32.0 Å². The van der Waals surface area contributed by atoms with E-state index in [1.165, 1.54) is 16.7 Å². The number of rotatable bonds is 1. The van der Waals surface area contributed by atoms with Crippen LogP contribution < -0.4 is 5.73 Å². The van der Waals surface area contributed by atoms with E-state index in [0.29, 0.717) is 12.0 Å². The molecule has 0 saturated heterocycles. The summed E-state index contributed by atoms with van der Waals surface area (Å²) in [6, 6.07) is 6.97. The molecule has 2 N–H and O–H groups in total. The molecule has 1 aliphatic carbocycles. The van der Waals surface area contributed by atoms with Crippen molar-refractivity contribution in [1.29, 1.82) is 0 Å². The maximum absolute atomic E-state index is 5.95. The van der Waals surface area contributed by atoms with E-state index >= 15 is 0 Å². The number of fused-ring (bicyclic) bond motifs is 1. The first-order chi connectivity index (χ1) is 7.18. The molecule has 1 aromatic carbocycles.